The van der Waals surface area contributed by atoms with Crippen molar-refractivity contribution in [1.29, 1.82) is 0 Å². The molecule has 0 radical (unpaired) electrons. The maximum Gasteiger partial charge on any atom is 0.190 e. The van der Waals surface area contributed by atoms with Crippen molar-refractivity contribution in [3.8, 4) is 11.5 Å². The number of hydrogen-bond acceptors (Lipinski definition) is 3. The minimum absolute atomic E-state index is 0.244. The van der Waals surface area contributed by atoms with E-state index >= 15 is 0 Å². The molecule has 4 rings (SSSR count). The normalized spacial score (nSPS) is 15.6. The second kappa shape index (κ2) is 5.00. The van der Waals surface area contributed by atoms with Crippen molar-refractivity contribution in [2.75, 3.05) is 0 Å². The van der Waals surface area contributed by atoms with Gasteiger partial charge in [0, 0.05) is 11.4 Å². The number of furan rings is 1. The van der Waals surface area contributed by atoms with E-state index in [2.05, 4.69) is 14.9 Å². The van der Waals surface area contributed by atoms with E-state index in [0.29, 0.717) is 6.04 Å². The molecule has 0 aliphatic heterocycles. The predicted molar refractivity (Wildman–Crippen MR) is 79.9 cm³/mol. The van der Waals surface area contributed by atoms with Gasteiger partial charge in [-0.05, 0) is 49.2 Å². The van der Waals surface area contributed by atoms with E-state index < -0.39 is 0 Å². The van der Waals surface area contributed by atoms with Gasteiger partial charge in [-0.2, -0.15) is 0 Å². The van der Waals surface area contributed by atoms with E-state index in [-0.39, 0.29) is 5.82 Å². The van der Waals surface area contributed by atoms with Gasteiger partial charge in [0.05, 0.1) is 17.6 Å². The summed E-state index contributed by atoms with van der Waals surface area (Å²) in [5.74, 6) is 0.616. The van der Waals surface area contributed by atoms with Gasteiger partial charge in [-0.1, -0.05) is 0 Å². The van der Waals surface area contributed by atoms with Gasteiger partial charge in [0.25, 0.3) is 0 Å². The Labute approximate surface area is 125 Å². The number of hydrogen-bond donors (Lipinski definition) is 0. The maximum atomic E-state index is 13.0. The molecule has 0 spiro atoms. The number of halogens is 1. The molecule has 1 aliphatic rings. The first-order valence-corrected chi connectivity index (χ1v) is 7.73. The third-order valence-corrected chi connectivity index (χ3v) is 4.32. The predicted octanol–water partition coefficient (Wildman–Crippen LogP) is 4.52. The number of nitrogens with zero attached hydrogens (tertiary/aromatic N) is 2. The molecule has 5 heteroatoms. The zero-order valence-electron chi connectivity index (χ0n) is 11.2. The number of aromatic nitrogens is 1. The Hall–Kier alpha value is -2.14. The highest BCUT2D eigenvalue weighted by molar-refractivity contribution is 7.07. The van der Waals surface area contributed by atoms with Gasteiger partial charge in [0.2, 0.25) is 0 Å². The van der Waals surface area contributed by atoms with Gasteiger partial charge in [0.1, 0.15) is 5.82 Å². The Morgan fingerprint density at radius 3 is 2.67 bits per heavy atom. The van der Waals surface area contributed by atoms with E-state index in [1.54, 1.807) is 29.7 Å². The van der Waals surface area contributed by atoms with Crippen LogP contribution >= 0.6 is 11.3 Å². The highest BCUT2D eigenvalue weighted by Crippen LogP contribution is 2.38. The minimum atomic E-state index is -0.244. The lowest BCUT2D eigenvalue weighted by Crippen LogP contribution is -2.14. The molecule has 1 aromatic carbocycles. The maximum absolute atomic E-state index is 13.0. The smallest absolute Gasteiger partial charge is 0.190 e. The lowest BCUT2D eigenvalue weighted by Gasteiger charge is -2.04. The molecule has 0 amide bonds. The number of thiazole rings is 1. The molecule has 2 heterocycles. The summed E-state index contributed by atoms with van der Waals surface area (Å²) < 4.78 is 20.7. The molecule has 21 heavy (non-hydrogen) atoms. The number of benzene rings is 1. The molecule has 1 aliphatic carbocycles. The second-order valence-electron chi connectivity index (χ2n) is 5.07. The van der Waals surface area contributed by atoms with Crippen LogP contribution in [0.5, 0.6) is 0 Å². The molecule has 0 N–H and O–H groups in total. The van der Waals surface area contributed by atoms with Gasteiger partial charge in [-0.15, -0.1) is 11.3 Å². The van der Waals surface area contributed by atoms with Gasteiger partial charge in [-0.3, -0.25) is 0 Å². The zero-order chi connectivity index (χ0) is 14.2. The molecular formula is C16H13FN2OS. The second-order valence-corrected chi connectivity index (χ2v) is 5.91. The van der Waals surface area contributed by atoms with Crippen molar-refractivity contribution in [2.24, 2.45) is 4.99 Å². The fraction of sp³-hybridized carbons (Fsp3) is 0.188. The summed E-state index contributed by atoms with van der Waals surface area (Å²) in [6, 6.07) is 10.6. The van der Waals surface area contributed by atoms with Crippen molar-refractivity contribution in [2.45, 2.75) is 18.9 Å². The summed E-state index contributed by atoms with van der Waals surface area (Å²) in [5.41, 5.74) is 1.83. The first-order chi connectivity index (χ1) is 10.3. The number of rotatable bonds is 3. The molecule has 3 aromatic rings. The molecule has 0 unspecified atom stereocenters. The Balaban J connectivity index is 1.84. The van der Waals surface area contributed by atoms with Gasteiger partial charge in [0.15, 0.2) is 10.6 Å². The molecule has 3 nitrogen and oxygen atoms in total. The highest BCUT2D eigenvalue weighted by atomic mass is 32.1. The molecule has 0 saturated heterocycles. The van der Waals surface area contributed by atoms with Crippen LogP contribution in [0.1, 0.15) is 18.9 Å². The van der Waals surface area contributed by atoms with Crippen LogP contribution in [0.25, 0.3) is 11.5 Å². The van der Waals surface area contributed by atoms with E-state index in [4.69, 9.17) is 4.42 Å². The minimum Gasteiger partial charge on any atom is -0.463 e. The lowest BCUT2D eigenvalue weighted by molar-refractivity contribution is 0.570. The first-order valence-electron chi connectivity index (χ1n) is 6.85. The fourth-order valence-corrected chi connectivity index (χ4v) is 3.28. The van der Waals surface area contributed by atoms with Gasteiger partial charge < -0.3 is 8.98 Å². The van der Waals surface area contributed by atoms with E-state index in [1.807, 2.05) is 12.1 Å². The topological polar surface area (TPSA) is 30.4 Å². The summed E-state index contributed by atoms with van der Waals surface area (Å²) in [4.78, 5) is 5.57. The largest absolute Gasteiger partial charge is 0.463 e. The average Bonchev–Trinajstić information content (AvgIpc) is 3.01. The van der Waals surface area contributed by atoms with Crippen molar-refractivity contribution in [3.05, 3.63) is 58.7 Å². The average molecular weight is 300 g/mol. The molecule has 1 fully saturated rings. The van der Waals surface area contributed by atoms with Crippen LogP contribution in [-0.2, 0) is 0 Å². The molecule has 106 valence electrons. The summed E-state index contributed by atoms with van der Waals surface area (Å²) in [5, 5.41) is 2.07. The van der Waals surface area contributed by atoms with Gasteiger partial charge >= 0.3 is 0 Å². The standard InChI is InChI=1S/C16H13FN2OS/c17-11-3-5-12(6-4-11)18-16-19(13-7-8-13)14(10-21-16)15-2-1-9-20-15/h1-6,9-10,13H,7-8H2. The van der Waals surface area contributed by atoms with Crippen LogP contribution in [-0.4, -0.2) is 4.57 Å². The van der Waals surface area contributed by atoms with E-state index in [1.165, 1.54) is 25.0 Å². The monoisotopic (exact) mass is 300 g/mol. The SMILES string of the molecule is Fc1ccc(N=c2scc(-c3ccco3)n2C2CC2)cc1. The summed E-state index contributed by atoms with van der Waals surface area (Å²) in [7, 11) is 0. The van der Waals surface area contributed by atoms with E-state index in [0.717, 1.165) is 21.9 Å². The van der Waals surface area contributed by atoms with Crippen molar-refractivity contribution < 1.29 is 8.81 Å². The zero-order valence-corrected chi connectivity index (χ0v) is 12.0. The molecule has 1 saturated carbocycles. The summed E-state index contributed by atoms with van der Waals surface area (Å²) >= 11 is 1.58. The summed E-state index contributed by atoms with van der Waals surface area (Å²) in [6.07, 6.45) is 4.02. The quantitative estimate of drug-likeness (QED) is 0.699. The Kier molecular flexibility index (Phi) is 3.00. The van der Waals surface area contributed by atoms with Crippen LogP contribution in [0.3, 0.4) is 0 Å². The molecule has 2 aromatic heterocycles. The van der Waals surface area contributed by atoms with Crippen molar-refractivity contribution in [3.63, 3.8) is 0 Å². The van der Waals surface area contributed by atoms with Crippen molar-refractivity contribution in [1.82, 2.24) is 4.57 Å². The van der Waals surface area contributed by atoms with Crippen LogP contribution in [0.4, 0.5) is 10.1 Å². The van der Waals surface area contributed by atoms with Crippen LogP contribution in [0.2, 0.25) is 0 Å². The Bertz CT molecular complexity index is 811. The van der Waals surface area contributed by atoms with Crippen LogP contribution in [0.15, 0.2) is 57.5 Å². The van der Waals surface area contributed by atoms with Crippen LogP contribution < -0.4 is 4.80 Å². The Morgan fingerprint density at radius 2 is 2.00 bits per heavy atom. The first kappa shape index (κ1) is 12.6. The molecular weight excluding hydrogens is 287 g/mol. The van der Waals surface area contributed by atoms with Crippen molar-refractivity contribution >= 4 is 17.0 Å². The van der Waals surface area contributed by atoms with Crippen LogP contribution in [0, 0.1) is 5.82 Å². The Morgan fingerprint density at radius 1 is 1.19 bits per heavy atom. The fourth-order valence-electron chi connectivity index (χ4n) is 2.32. The molecule has 0 bridgehead atoms. The third-order valence-electron chi connectivity index (χ3n) is 3.48. The van der Waals surface area contributed by atoms with E-state index in [9.17, 15) is 4.39 Å². The molecule has 0 atom stereocenters. The lowest BCUT2D eigenvalue weighted by atomic mass is 10.3. The summed E-state index contributed by atoms with van der Waals surface area (Å²) in [6.45, 7) is 0. The van der Waals surface area contributed by atoms with Gasteiger partial charge in [-0.25, -0.2) is 9.38 Å². The third kappa shape index (κ3) is 2.45. The highest BCUT2D eigenvalue weighted by Gasteiger charge is 2.28.